The number of Topliss-reactive ketones (excluding diaryl/α,β-unsaturated/α-hetero) is 1. The molecule has 1 unspecified atom stereocenters. The zero-order valence-corrected chi connectivity index (χ0v) is 19.8. The highest BCUT2D eigenvalue weighted by atomic mass is 32.1. The number of aliphatic hydroxyl groups is 1. The van der Waals surface area contributed by atoms with Crippen LogP contribution in [0, 0.1) is 0 Å². The average Bonchev–Trinajstić information content (AvgIpc) is 3.42. The lowest BCUT2D eigenvalue weighted by Crippen LogP contribution is -2.29. The fraction of sp³-hybridized carbons (Fsp3) is 0.154. The van der Waals surface area contributed by atoms with Gasteiger partial charge in [-0.2, -0.15) is 0 Å². The molecule has 1 N–H and O–H groups in total. The van der Waals surface area contributed by atoms with Crippen LogP contribution < -0.4 is 14.4 Å². The van der Waals surface area contributed by atoms with Crippen molar-refractivity contribution in [3.8, 4) is 11.5 Å². The van der Waals surface area contributed by atoms with Crippen molar-refractivity contribution in [2.24, 2.45) is 0 Å². The van der Waals surface area contributed by atoms with Crippen LogP contribution in [0.5, 0.6) is 11.5 Å². The van der Waals surface area contributed by atoms with E-state index in [2.05, 4.69) is 9.97 Å². The van der Waals surface area contributed by atoms with E-state index in [4.69, 9.17) is 9.47 Å². The second-order valence-corrected chi connectivity index (χ2v) is 8.76. The van der Waals surface area contributed by atoms with Crippen molar-refractivity contribution in [1.29, 1.82) is 0 Å². The number of thiazole rings is 1. The zero-order chi connectivity index (χ0) is 24.5. The Morgan fingerprint density at radius 3 is 2.71 bits per heavy atom. The monoisotopic (exact) mass is 487 g/mol. The molecule has 1 atom stereocenters. The van der Waals surface area contributed by atoms with Crippen LogP contribution >= 0.6 is 11.3 Å². The molecule has 0 radical (unpaired) electrons. The number of anilines is 1. The first-order valence-corrected chi connectivity index (χ1v) is 11.7. The lowest BCUT2D eigenvalue weighted by atomic mass is 9.96. The quantitative estimate of drug-likeness (QED) is 0.238. The van der Waals surface area contributed by atoms with Crippen molar-refractivity contribution in [2.75, 3.05) is 18.6 Å². The topological polar surface area (TPSA) is 102 Å². The van der Waals surface area contributed by atoms with Gasteiger partial charge in [-0.15, -0.1) is 0 Å². The summed E-state index contributed by atoms with van der Waals surface area (Å²) < 4.78 is 11.6. The first kappa shape index (κ1) is 22.5. The number of amides is 1. The lowest BCUT2D eigenvalue weighted by molar-refractivity contribution is -0.132. The second kappa shape index (κ2) is 9.19. The van der Waals surface area contributed by atoms with Crippen molar-refractivity contribution < 1.29 is 24.2 Å². The third-order valence-corrected chi connectivity index (χ3v) is 6.67. The molecule has 1 amide bonds. The molecule has 1 saturated heterocycles. The Kier molecular flexibility index (Phi) is 5.92. The number of benzene rings is 2. The van der Waals surface area contributed by atoms with Crippen LogP contribution in [0.4, 0.5) is 5.13 Å². The van der Waals surface area contributed by atoms with E-state index in [-0.39, 0.29) is 11.3 Å². The maximum Gasteiger partial charge on any atom is 0.301 e. The van der Waals surface area contributed by atoms with Gasteiger partial charge in [0.2, 0.25) is 0 Å². The molecule has 9 heteroatoms. The van der Waals surface area contributed by atoms with Crippen LogP contribution in [0.1, 0.15) is 24.1 Å². The Hall–Kier alpha value is -4.24. The van der Waals surface area contributed by atoms with E-state index in [1.807, 2.05) is 13.0 Å². The van der Waals surface area contributed by atoms with Crippen molar-refractivity contribution in [3.05, 3.63) is 83.7 Å². The largest absolute Gasteiger partial charge is 0.507 e. The van der Waals surface area contributed by atoms with Crippen LogP contribution in [0.15, 0.2) is 72.6 Å². The van der Waals surface area contributed by atoms with Gasteiger partial charge in [0.25, 0.3) is 5.78 Å². The van der Waals surface area contributed by atoms with Gasteiger partial charge in [-0.05, 0) is 48.9 Å². The SMILES string of the molecule is CCOc1cccc(C(O)=C2C(=O)C(=O)N(c3nc4ccc(OC)cc4s3)C2c2cccnc2)c1. The van der Waals surface area contributed by atoms with Crippen LogP contribution in [0.3, 0.4) is 0 Å². The number of ether oxygens (including phenoxy) is 2. The van der Waals surface area contributed by atoms with Crippen LogP contribution in [0.25, 0.3) is 16.0 Å². The van der Waals surface area contributed by atoms with Crippen LogP contribution in [0.2, 0.25) is 0 Å². The highest BCUT2D eigenvalue weighted by Gasteiger charge is 2.48. The number of hydrogen-bond donors (Lipinski definition) is 1. The lowest BCUT2D eigenvalue weighted by Gasteiger charge is -2.22. The number of carbonyl (C=O) groups excluding carboxylic acids is 2. The molecule has 0 saturated carbocycles. The summed E-state index contributed by atoms with van der Waals surface area (Å²) in [4.78, 5) is 36.7. The summed E-state index contributed by atoms with van der Waals surface area (Å²) in [7, 11) is 1.57. The minimum Gasteiger partial charge on any atom is -0.507 e. The molecule has 0 bridgehead atoms. The number of pyridine rings is 1. The maximum atomic E-state index is 13.3. The van der Waals surface area contributed by atoms with Gasteiger partial charge in [0, 0.05) is 18.0 Å². The molecule has 0 spiro atoms. The van der Waals surface area contributed by atoms with Crippen molar-refractivity contribution in [1.82, 2.24) is 9.97 Å². The molecular formula is C26H21N3O5S. The summed E-state index contributed by atoms with van der Waals surface area (Å²) in [6, 6.07) is 14.8. The van der Waals surface area contributed by atoms with E-state index in [1.165, 1.54) is 16.2 Å². The molecule has 1 fully saturated rings. The molecule has 1 aliphatic heterocycles. The van der Waals surface area contributed by atoms with Gasteiger partial charge in [-0.1, -0.05) is 29.5 Å². The normalized spacial score (nSPS) is 17.2. The molecule has 2 aromatic heterocycles. The van der Waals surface area contributed by atoms with E-state index >= 15 is 0 Å². The van der Waals surface area contributed by atoms with Crippen LogP contribution in [-0.4, -0.2) is 40.5 Å². The number of nitrogens with zero attached hydrogens (tertiary/aromatic N) is 3. The standard InChI is InChI=1S/C26H21N3O5S/c1-3-34-18-8-4-6-15(12-18)23(30)21-22(16-7-5-11-27-14-16)29(25(32)24(21)31)26-28-19-10-9-17(33-2)13-20(19)35-26/h4-14,22,30H,3H2,1-2H3. The molecule has 35 heavy (non-hydrogen) atoms. The van der Waals surface area contributed by atoms with E-state index in [9.17, 15) is 14.7 Å². The van der Waals surface area contributed by atoms with Crippen molar-refractivity contribution >= 4 is 44.1 Å². The smallest absolute Gasteiger partial charge is 0.301 e. The molecule has 5 rings (SSSR count). The number of ketones is 1. The number of aromatic nitrogens is 2. The first-order valence-electron chi connectivity index (χ1n) is 10.9. The number of methoxy groups -OCH3 is 1. The summed E-state index contributed by atoms with van der Waals surface area (Å²) in [6.07, 6.45) is 3.18. The maximum absolute atomic E-state index is 13.3. The Balaban J connectivity index is 1.69. The Morgan fingerprint density at radius 2 is 1.97 bits per heavy atom. The summed E-state index contributed by atoms with van der Waals surface area (Å²) in [5, 5.41) is 11.6. The summed E-state index contributed by atoms with van der Waals surface area (Å²) in [5.74, 6) is -0.650. The van der Waals surface area contributed by atoms with E-state index in [0.717, 1.165) is 4.70 Å². The summed E-state index contributed by atoms with van der Waals surface area (Å²) in [5.41, 5.74) is 1.58. The molecule has 0 aliphatic carbocycles. The molecule has 1 aliphatic rings. The third kappa shape index (κ3) is 4.00. The Morgan fingerprint density at radius 1 is 1.11 bits per heavy atom. The number of aliphatic hydroxyl groups excluding tert-OH is 1. The van der Waals surface area contributed by atoms with Gasteiger partial charge in [-0.3, -0.25) is 19.5 Å². The van der Waals surface area contributed by atoms with E-state index < -0.39 is 17.7 Å². The molecule has 3 heterocycles. The van der Waals surface area contributed by atoms with Crippen LogP contribution in [-0.2, 0) is 9.59 Å². The third-order valence-electron chi connectivity index (χ3n) is 5.65. The number of rotatable bonds is 6. The molecule has 4 aromatic rings. The fourth-order valence-electron chi connectivity index (χ4n) is 4.06. The van der Waals surface area contributed by atoms with Gasteiger partial charge >= 0.3 is 5.91 Å². The van der Waals surface area contributed by atoms with Gasteiger partial charge in [0.15, 0.2) is 5.13 Å². The summed E-state index contributed by atoms with van der Waals surface area (Å²) >= 11 is 1.26. The average molecular weight is 488 g/mol. The number of carbonyl (C=O) groups is 2. The first-order chi connectivity index (χ1) is 17.0. The second-order valence-electron chi connectivity index (χ2n) is 7.75. The van der Waals surface area contributed by atoms with Gasteiger partial charge in [-0.25, -0.2) is 4.98 Å². The Bertz CT molecular complexity index is 1460. The van der Waals surface area contributed by atoms with Crippen molar-refractivity contribution in [2.45, 2.75) is 13.0 Å². The molecular weight excluding hydrogens is 466 g/mol. The highest BCUT2D eigenvalue weighted by molar-refractivity contribution is 7.22. The van der Waals surface area contributed by atoms with Crippen molar-refractivity contribution in [3.63, 3.8) is 0 Å². The predicted molar refractivity (Wildman–Crippen MR) is 133 cm³/mol. The highest BCUT2D eigenvalue weighted by Crippen LogP contribution is 2.44. The summed E-state index contributed by atoms with van der Waals surface area (Å²) in [6.45, 7) is 2.31. The number of hydrogen-bond acceptors (Lipinski definition) is 8. The van der Waals surface area contributed by atoms with Gasteiger partial charge in [0.05, 0.1) is 35.5 Å². The Labute approximate surface area is 205 Å². The fourth-order valence-corrected chi connectivity index (χ4v) is 5.08. The number of fused-ring (bicyclic) bond motifs is 1. The minimum absolute atomic E-state index is 0.0338. The van der Waals surface area contributed by atoms with E-state index in [1.54, 1.807) is 68.0 Å². The van der Waals surface area contributed by atoms with Gasteiger partial charge < -0.3 is 14.6 Å². The predicted octanol–water partition coefficient (Wildman–Crippen LogP) is 4.72. The zero-order valence-electron chi connectivity index (χ0n) is 19.0. The molecule has 176 valence electrons. The molecule has 8 nitrogen and oxygen atoms in total. The minimum atomic E-state index is -0.901. The van der Waals surface area contributed by atoms with E-state index in [0.29, 0.717) is 39.9 Å². The molecule has 2 aromatic carbocycles. The van der Waals surface area contributed by atoms with Gasteiger partial charge in [0.1, 0.15) is 17.3 Å².